The average Bonchev–Trinajstić information content (AvgIpc) is 2.73. The molecule has 198 valence electrons. The minimum absolute atomic E-state index is 0.262. The third kappa shape index (κ3) is 5.55. The molecular formula is C19H10BrF11N2O3. The standard InChI is InChI=1S/C19H10BrF11N2O3/c20-10-5-7(16(22,18(26,27)28)19(29,30)31)4-9(17(23,24)25)14(10)33-15(35)8-2-1-3-11(13(8)21)36-12(34)6-32/h1-5H,6,32H2,(H,33,35). The molecule has 0 radical (unpaired) electrons. The Hall–Kier alpha value is -2.95. The molecule has 0 aromatic heterocycles. The van der Waals surface area contributed by atoms with Crippen LogP contribution in [0.25, 0.3) is 0 Å². The Kier molecular flexibility index (Phi) is 8.00. The fourth-order valence-electron chi connectivity index (χ4n) is 2.75. The Bertz CT molecular complexity index is 1160. The lowest BCUT2D eigenvalue weighted by atomic mass is 9.92. The highest BCUT2D eigenvalue weighted by Crippen LogP contribution is 2.55. The first-order chi connectivity index (χ1) is 16.3. The van der Waals surface area contributed by atoms with E-state index in [9.17, 15) is 57.9 Å². The first kappa shape index (κ1) is 29.3. The quantitative estimate of drug-likeness (QED) is 0.249. The molecule has 0 saturated heterocycles. The first-order valence-electron chi connectivity index (χ1n) is 8.99. The van der Waals surface area contributed by atoms with Crippen LogP contribution in [0.1, 0.15) is 21.5 Å². The summed E-state index contributed by atoms with van der Waals surface area (Å²) < 4.78 is 151. The molecular weight excluding hydrogens is 593 g/mol. The largest absolute Gasteiger partial charge is 0.435 e. The SMILES string of the molecule is NCC(=O)Oc1cccc(C(=O)Nc2c(Br)cc(C(F)(C(F)(F)F)C(F)(F)F)cc2C(F)(F)F)c1F. The molecule has 2 rings (SSSR count). The van der Waals surface area contributed by atoms with E-state index in [1.54, 1.807) is 0 Å². The predicted octanol–water partition coefficient (Wildman–Crippen LogP) is 6.01. The summed E-state index contributed by atoms with van der Waals surface area (Å²) in [5.41, 5.74) is -8.51. The summed E-state index contributed by atoms with van der Waals surface area (Å²) in [6, 6.07) is 1.45. The van der Waals surface area contributed by atoms with Gasteiger partial charge in [-0.15, -0.1) is 0 Å². The minimum Gasteiger partial charge on any atom is -0.422 e. The monoisotopic (exact) mass is 602 g/mol. The third-order valence-electron chi connectivity index (χ3n) is 4.41. The minimum atomic E-state index is -6.72. The van der Waals surface area contributed by atoms with Crippen molar-refractivity contribution in [3.8, 4) is 5.75 Å². The van der Waals surface area contributed by atoms with Crippen molar-refractivity contribution in [3.05, 3.63) is 57.3 Å². The van der Waals surface area contributed by atoms with Gasteiger partial charge in [-0.25, -0.2) is 8.78 Å². The van der Waals surface area contributed by atoms with Gasteiger partial charge in [0.1, 0.15) is 0 Å². The molecule has 0 saturated carbocycles. The van der Waals surface area contributed by atoms with Crippen LogP contribution in [0, 0.1) is 5.82 Å². The average molecular weight is 603 g/mol. The Balaban J connectivity index is 2.66. The van der Waals surface area contributed by atoms with Gasteiger partial charge in [-0.1, -0.05) is 6.07 Å². The highest BCUT2D eigenvalue weighted by atomic mass is 79.9. The number of halogens is 12. The fourth-order valence-corrected chi connectivity index (χ4v) is 3.31. The van der Waals surface area contributed by atoms with Crippen molar-refractivity contribution < 1.29 is 62.6 Å². The third-order valence-corrected chi connectivity index (χ3v) is 5.04. The van der Waals surface area contributed by atoms with Crippen LogP contribution in [-0.4, -0.2) is 30.8 Å². The van der Waals surface area contributed by atoms with Crippen LogP contribution in [0.2, 0.25) is 0 Å². The number of nitrogens with one attached hydrogen (secondary N) is 1. The summed E-state index contributed by atoms with van der Waals surface area (Å²) in [7, 11) is 0. The lowest BCUT2D eigenvalue weighted by Crippen LogP contribution is -2.50. The summed E-state index contributed by atoms with van der Waals surface area (Å²) in [6.07, 6.45) is -19.2. The van der Waals surface area contributed by atoms with Gasteiger partial charge < -0.3 is 15.8 Å². The summed E-state index contributed by atoms with van der Waals surface area (Å²) in [5.74, 6) is -5.26. The molecule has 2 aromatic carbocycles. The lowest BCUT2D eigenvalue weighted by Gasteiger charge is -2.31. The molecule has 0 aliphatic heterocycles. The molecule has 0 bridgehead atoms. The maximum absolute atomic E-state index is 14.5. The number of carbonyl (C=O) groups excluding carboxylic acids is 2. The topological polar surface area (TPSA) is 81.4 Å². The van der Waals surface area contributed by atoms with Crippen LogP contribution in [0.3, 0.4) is 0 Å². The van der Waals surface area contributed by atoms with E-state index in [4.69, 9.17) is 5.73 Å². The second kappa shape index (κ2) is 9.84. The van der Waals surface area contributed by atoms with Gasteiger partial charge in [-0.05, 0) is 40.2 Å². The molecule has 0 aliphatic carbocycles. The van der Waals surface area contributed by atoms with Crippen molar-refractivity contribution in [1.82, 2.24) is 0 Å². The number of carbonyl (C=O) groups is 2. The number of benzene rings is 2. The summed E-state index contributed by atoms with van der Waals surface area (Å²) in [6.45, 7) is -0.712. The van der Waals surface area contributed by atoms with E-state index in [0.29, 0.717) is 6.07 Å². The summed E-state index contributed by atoms with van der Waals surface area (Å²) in [5, 5.41) is 1.50. The number of hydrogen-bond acceptors (Lipinski definition) is 4. The summed E-state index contributed by atoms with van der Waals surface area (Å²) in [4.78, 5) is 23.7. The van der Waals surface area contributed by atoms with Crippen molar-refractivity contribution >= 4 is 33.5 Å². The van der Waals surface area contributed by atoms with Crippen LogP contribution in [0.5, 0.6) is 5.75 Å². The highest BCUT2D eigenvalue weighted by molar-refractivity contribution is 9.10. The zero-order valence-corrected chi connectivity index (χ0v) is 18.5. The van der Waals surface area contributed by atoms with Gasteiger partial charge in [-0.3, -0.25) is 9.59 Å². The number of anilines is 1. The van der Waals surface area contributed by atoms with Gasteiger partial charge >= 0.3 is 30.2 Å². The predicted molar refractivity (Wildman–Crippen MR) is 103 cm³/mol. The molecule has 0 heterocycles. The van der Waals surface area contributed by atoms with E-state index in [2.05, 4.69) is 20.7 Å². The molecule has 0 spiro atoms. The first-order valence-corrected chi connectivity index (χ1v) is 9.79. The number of nitrogens with two attached hydrogens (primary N) is 1. The maximum Gasteiger partial charge on any atom is 0.435 e. The van der Waals surface area contributed by atoms with Crippen molar-refractivity contribution in [1.29, 1.82) is 0 Å². The van der Waals surface area contributed by atoms with Crippen LogP contribution in [-0.2, 0) is 16.6 Å². The fraction of sp³-hybridized carbons (Fsp3) is 0.263. The molecule has 5 nitrogen and oxygen atoms in total. The van der Waals surface area contributed by atoms with Crippen LogP contribution < -0.4 is 15.8 Å². The van der Waals surface area contributed by atoms with Crippen LogP contribution in [0.15, 0.2) is 34.8 Å². The Labute approximate surface area is 201 Å². The van der Waals surface area contributed by atoms with E-state index in [1.165, 1.54) is 5.32 Å². The zero-order chi connectivity index (χ0) is 27.9. The van der Waals surface area contributed by atoms with Gasteiger partial charge in [0.15, 0.2) is 11.6 Å². The van der Waals surface area contributed by atoms with Crippen molar-refractivity contribution in [3.63, 3.8) is 0 Å². The summed E-state index contributed by atoms with van der Waals surface area (Å²) >= 11 is 2.30. The van der Waals surface area contributed by atoms with Gasteiger partial charge in [0.2, 0.25) is 0 Å². The molecule has 1 amide bonds. The van der Waals surface area contributed by atoms with E-state index in [1.807, 2.05) is 0 Å². The Morgan fingerprint density at radius 3 is 1.97 bits per heavy atom. The molecule has 3 N–H and O–H groups in total. The van der Waals surface area contributed by atoms with Gasteiger partial charge in [-0.2, -0.15) is 39.5 Å². The number of amides is 1. The second-order valence-corrected chi connectivity index (χ2v) is 7.64. The van der Waals surface area contributed by atoms with Crippen molar-refractivity contribution in [2.24, 2.45) is 5.73 Å². The molecule has 2 aromatic rings. The number of esters is 1. The lowest BCUT2D eigenvalue weighted by molar-refractivity contribution is -0.348. The molecule has 0 aliphatic rings. The number of alkyl halides is 10. The van der Waals surface area contributed by atoms with Crippen LogP contribution >= 0.6 is 15.9 Å². The Morgan fingerprint density at radius 2 is 1.50 bits per heavy atom. The van der Waals surface area contributed by atoms with Gasteiger partial charge in [0.05, 0.1) is 23.4 Å². The Morgan fingerprint density at radius 1 is 0.944 bits per heavy atom. The molecule has 0 unspecified atom stereocenters. The smallest absolute Gasteiger partial charge is 0.422 e. The molecule has 36 heavy (non-hydrogen) atoms. The molecule has 0 atom stereocenters. The highest BCUT2D eigenvalue weighted by Gasteiger charge is 2.73. The van der Waals surface area contributed by atoms with E-state index >= 15 is 0 Å². The maximum atomic E-state index is 14.5. The van der Waals surface area contributed by atoms with Gasteiger partial charge in [0.25, 0.3) is 5.91 Å². The number of ether oxygens (including phenoxy) is 1. The van der Waals surface area contributed by atoms with Crippen molar-refractivity contribution in [2.45, 2.75) is 24.2 Å². The van der Waals surface area contributed by atoms with Crippen LogP contribution in [0.4, 0.5) is 54.0 Å². The molecule has 17 heteroatoms. The second-order valence-electron chi connectivity index (χ2n) is 6.78. The van der Waals surface area contributed by atoms with Gasteiger partial charge in [0, 0.05) is 10.0 Å². The molecule has 0 fully saturated rings. The van der Waals surface area contributed by atoms with E-state index < -0.39 is 87.1 Å². The van der Waals surface area contributed by atoms with E-state index in [0.717, 1.165) is 12.1 Å². The normalized spacial score (nSPS) is 12.9. The van der Waals surface area contributed by atoms with Crippen molar-refractivity contribution in [2.75, 3.05) is 11.9 Å². The van der Waals surface area contributed by atoms with E-state index in [-0.39, 0.29) is 6.07 Å². The number of rotatable bonds is 5. The zero-order valence-electron chi connectivity index (χ0n) is 16.9. The number of hydrogen-bond donors (Lipinski definition) is 2.